The molecular weight excluding hydrogens is 258 g/mol. The second-order valence-corrected chi connectivity index (χ2v) is 5.33. The van der Waals surface area contributed by atoms with E-state index >= 15 is 0 Å². The molecule has 1 N–H and O–H groups in total. The van der Waals surface area contributed by atoms with E-state index in [1.165, 1.54) is 43.6 Å². The summed E-state index contributed by atoms with van der Waals surface area (Å²) < 4.78 is 0. The highest BCUT2D eigenvalue weighted by atomic mass is 35.5. The zero-order valence-corrected chi connectivity index (χ0v) is 12.9. The van der Waals surface area contributed by atoms with Gasteiger partial charge in [0.15, 0.2) is 0 Å². The van der Waals surface area contributed by atoms with Gasteiger partial charge in [0.25, 0.3) is 0 Å². The molecule has 2 heterocycles. The van der Waals surface area contributed by atoms with Gasteiger partial charge in [0.05, 0.1) is 0 Å². The zero-order valence-electron chi connectivity index (χ0n) is 12.1. The van der Waals surface area contributed by atoms with Crippen molar-refractivity contribution in [3.8, 4) is 0 Å². The van der Waals surface area contributed by atoms with Gasteiger partial charge in [0, 0.05) is 18.9 Å². The molecular formula is C15H26ClN3. The minimum Gasteiger partial charge on any atom is -0.317 e. The number of rotatable bonds is 5. The summed E-state index contributed by atoms with van der Waals surface area (Å²) >= 11 is 0. The summed E-state index contributed by atoms with van der Waals surface area (Å²) in [6, 6.07) is 2.10. The predicted octanol–water partition coefficient (Wildman–Crippen LogP) is 2.63. The molecule has 0 aromatic carbocycles. The van der Waals surface area contributed by atoms with E-state index in [9.17, 15) is 0 Å². The van der Waals surface area contributed by atoms with Crippen molar-refractivity contribution in [3.63, 3.8) is 0 Å². The molecule has 1 aromatic rings. The molecule has 0 amide bonds. The molecule has 19 heavy (non-hydrogen) atoms. The second-order valence-electron chi connectivity index (χ2n) is 5.33. The molecule has 1 aliphatic heterocycles. The number of likely N-dealkylation sites (tertiary alicyclic amines) is 1. The molecule has 0 saturated carbocycles. The van der Waals surface area contributed by atoms with Crippen LogP contribution in [0, 0.1) is 12.8 Å². The molecule has 0 unspecified atom stereocenters. The van der Waals surface area contributed by atoms with Gasteiger partial charge in [0.2, 0.25) is 0 Å². The Bertz CT molecular complexity index is 362. The minimum absolute atomic E-state index is 0. The Hall–Kier alpha value is -0.640. The lowest BCUT2D eigenvalue weighted by Gasteiger charge is -2.32. The van der Waals surface area contributed by atoms with E-state index in [2.05, 4.69) is 35.1 Å². The summed E-state index contributed by atoms with van der Waals surface area (Å²) in [6.45, 7) is 10.2. The van der Waals surface area contributed by atoms with Crippen molar-refractivity contribution in [2.45, 2.75) is 33.2 Å². The highest BCUT2D eigenvalue weighted by Crippen LogP contribution is 2.19. The smallest absolute Gasteiger partial charge is 0.0315 e. The Morgan fingerprint density at radius 2 is 2.11 bits per heavy atom. The fourth-order valence-electron chi connectivity index (χ4n) is 2.60. The molecule has 108 valence electrons. The van der Waals surface area contributed by atoms with Gasteiger partial charge < -0.3 is 5.32 Å². The van der Waals surface area contributed by atoms with Crippen LogP contribution in [0.1, 0.15) is 30.9 Å². The summed E-state index contributed by atoms with van der Waals surface area (Å²) in [7, 11) is 0. The van der Waals surface area contributed by atoms with Crippen LogP contribution in [0.4, 0.5) is 0 Å². The van der Waals surface area contributed by atoms with Gasteiger partial charge in [-0.05, 0) is 69.1 Å². The maximum absolute atomic E-state index is 4.23. The fourth-order valence-corrected chi connectivity index (χ4v) is 2.60. The maximum Gasteiger partial charge on any atom is 0.0315 e. The highest BCUT2D eigenvalue weighted by molar-refractivity contribution is 5.85. The van der Waals surface area contributed by atoms with E-state index in [-0.39, 0.29) is 12.4 Å². The van der Waals surface area contributed by atoms with Gasteiger partial charge in [-0.1, -0.05) is 6.92 Å². The largest absolute Gasteiger partial charge is 0.317 e. The molecule has 0 radical (unpaired) electrons. The van der Waals surface area contributed by atoms with E-state index < -0.39 is 0 Å². The molecule has 3 nitrogen and oxygen atoms in total. The standard InChI is InChI=1S/C15H25N3.ClH/c1-3-16-10-14-5-8-18(9-6-14)12-15-11-17-7-4-13(15)2;/h4,7,11,14,16H,3,5-6,8-10,12H2,1-2H3;1H. The fraction of sp³-hybridized carbons (Fsp3) is 0.667. The number of hydrogen-bond donors (Lipinski definition) is 1. The molecule has 1 aliphatic rings. The lowest BCUT2D eigenvalue weighted by Crippen LogP contribution is -2.37. The van der Waals surface area contributed by atoms with Crippen molar-refractivity contribution in [3.05, 3.63) is 29.6 Å². The second kappa shape index (κ2) is 8.51. The first-order valence-corrected chi connectivity index (χ1v) is 7.12. The molecule has 0 aliphatic carbocycles. The number of hydrogen-bond acceptors (Lipinski definition) is 3. The monoisotopic (exact) mass is 283 g/mol. The Morgan fingerprint density at radius 3 is 2.74 bits per heavy atom. The van der Waals surface area contributed by atoms with Gasteiger partial charge in [-0.3, -0.25) is 9.88 Å². The number of aromatic nitrogens is 1. The Morgan fingerprint density at radius 1 is 1.37 bits per heavy atom. The third-order valence-corrected chi connectivity index (χ3v) is 3.93. The molecule has 1 saturated heterocycles. The topological polar surface area (TPSA) is 28.2 Å². The Balaban J connectivity index is 0.00000180. The van der Waals surface area contributed by atoms with Crippen molar-refractivity contribution >= 4 is 12.4 Å². The molecule has 2 rings (SSSR count). The van der Waals surface area contributed by atoms with Gasteiger partial charge in [-0.25, -0.2) is 0 Å². The van der Waals surface area contributed by atoms with E-state index in [4.69, 9.17) is 0 Å². The van der Waals surface area contributed by atoms with Crippen molar-refractivity contribution in [1.29, 1.82) is 0 Å². The van der Waals surface area contributed by atoms with Gasteiger partial charge in [-0.15, -0.1) is 12.4 Å². The Kier molecular flexibility index (Phi) is 7.36. The van der Waals surface area contributed by atoms with Crippen molar-refractivity contribution < 1.29 is 0 Å². The SMILES string of the molecule is CCNCC1CCN(Cc2cnccc2C)CC1.Cl. The van der Waals surface area contributed by atoms with Crippen LogP contribution in [0.5, 0.6) is 0 Å². The van der Waals surface area contributed by atoms with E-state index in [1.54, 1.807) is 0 Å². The van der Waals surface area contributed by atoms with Crippen LogP contribution < -0.4 is 5.32 Å². The number of aryl methyl sites for hydroxylation is 1. The lowest BCUT2D eigenvalue weighted by molar-refractivity contribution is 0.175. The number of piperidine rings is 1. The van der Waals surface area contributed by atoms with E-state index in [0.717, 1.165) is 19.0 Å². The average Bonchev–Trinajstić information content (AvgIpc) is 2.41. The molecule has 1 aromatic heterocycles. The number of nitrogens with zero attached hydrogens (tertiary/aromatic N) is 2. The van der Waals surface area contributed by atoms with Crippen molar-refractivity contribution in [1.82, 2.24) is 15.2 Å². The van der Waals surface area contributed by atoms with Crippen LogP contribution in [-0.4, -0.2) is 36.1 Å². The number of halogens is 1. The van der Waals surface area contributed by atoms with Gasteiger partial charge in [-0.2, -0.15) is 0 Å². The summed E-state index contributed by atoms with van der Waals surface area (Å²) in [5, 5.41) is 3.46. The normalized spacial score (nSPS) is 17.2. The lowest BCUT2D eigenvalue weighted by atomic mass is 9.96. The minimum atomic E-state index is 0. The molecule has 1 fully saturated rings. The Labute approximate surface area is 123 Å². The molecule has 0 bridgehead atoms. The van der Waals surface area contributed by atoms with Crippen LogP contribution in [0.15, 0.2) is 18.5 Å². The van der Waals surface area contributed by atoms with Gasteiger partial charge in [0.1, 0.15) is 0 Å². The number of nitrogens with one attached hydrogen (secondary N) is 1. The van der Waals surface area contributed by atoms with E-state index in [1.807, 2.05) is 12.4 Å². The van der Waals surface area contributed by atoms with Crippen LogP contribution in [0.2, 0.25) is 0 Å². The summed E-state index contributed by atoms with van der Waals surface area (Å²) in [4.78, 5) is 6.79. The summed E-state index contributed by atoms with van der Waals surface area (Å²) in [6.07, 6.45) is 6.54. The summed E-state index contributed by atoms with van der Waals surface area (Å²) in [5.74, 6) is 0.871. The van der Waals surface area contributed by atoms with Crippen molar-refractivity contribution in [2.24, 2.45) is 5.92 Å². The molecule has 0 spiro atoms. The maximum atomic E-state index is 4.23. The van der Waals surface area contributed by atoms with Crippen LogP contribution in [-0.2, 0) is 6.54 Å². The zero-order chi connectivity index (χ0) is 12.8. The first-order valence-electron chi connectivity index (χ1n) is 7.12. The number of pyridine rings is 1. The van der Waals surface area contributed by atoms with Crippen LogP contribution in [0.25, 0.3) is 0 Å². The predicted molar refractivity (Wildman–Crippen MR) is 82.8 cm³/mol. The van der Waals surface area contributed by atoms with Crippen LogP contribution in [0.3, 0.4) is 0 Å². The molecule has 4 heteroatoms. The average molecular weight is 284 g/mol. The first kappa shape index (κ1) is 16.4. The van der Waals surface area contributed by atoms with E-state index in [0.29, 0.717) is 0 Å². The third-order valence-electron chi connectivity index (χ3n) is 3.93. The first-order chi connectivity index (χ1) is 8.79. The molecule has 0 atom stereocenters. The summed E-state index contributed by atoms with van der Waals surface area (Å²) in [5.41, 5.74) is 2.74. The third kappa shape index (κ3) is 5.09. The van der Waals surface area contributed by atoms with Gasteiger partial charge >= 0.3 is 0 Å². The highest BCUT2D eigenvalue weighted by Gasteiger charge is 2.19. The quantitative estimate of drug-likeness (QED) is 0.900. The van der Waals surface area contributed by atoms with Crippen molar-refractivity contribution in [2.75, 3.05) is 26.2 Å². The van der Waals surface area contributed by atoms with Crippen LogP contribution >= 0.6 is 12.4 Å².